The van der Waals surface area contributed by atoms with Crippen LogP contribution in [0.3, 0.4) is 0 Å². The molecule has 6 heteroatoms. The molecule has 126 valence electrons. The van der Waals surface area contributed by atoms with Gasteiger partial charge in [0.1, 0.15) is 12.4 Å². The molecule has 0 spiro atoms. The van der Waals surface area contributed by atoms with Gasteiger partial charge in [-0.1, -0.05) is 17.7 Å². The summed E-state index contributed by atoms with van der Waals surface area (Å²) < 4.78 is 11.2. The van der Waals surface area contributed by atoms with E-state index in [0.717, 1.165) is 25.2 Å². The lowest BCUT2D eigenvalue weighted by atomic mass is 10.2. The molecule has 1 atom stereocenters. The highest BCUT2D eigenvalue weighted by Gasteiger charge is 2.16. The zero-order chi connectivity index (χ0) is 16.8. The van der Waals surface area contributed by atoms with Gasteiger partial charge < -0.3 is 9.47 Å². The van der Waals surface area contributed by atoms with E-state index in [1.807, 2.05) is 6.07 Å². The Morgan fingerprint density at radius 1 is 1.25 bits per heavy atom. The molecule has 1 amide bonds. The zero-order valence-corrected chi connectivity index (χ0v) is 13.9. The van der Waals surface area contributed by atoms with E-state index in [1.54, 1.807) is 42.5 Å². The van der Waals surface area contributed by atoms with Crippen molar-refractivity contribution in [2.75, 3.05) is 18.6 Å². The number of carbonyl (C=O) groups is 1. The minimum atomic E-state index is -0.236. The Balaban J connectivity index is 1.49. The summed E-state index contributed by atoms with van der Waals surface area (Å²) in [4.78, 5) is 12.1. The van der Waals surface area contributed by atoms with Crippen molar-refractivity contribution in [3.63, 3.8) is 0 Å². The minimum Gasteiger partial charge on any atom is -0.491 e. The largest absolute Gasteiger partial charge is 0.491 e. The van der Waals surface area contributed by atoms with Crippen LogP contribution in [-0.2, 0) is 4.74 Å². The van der Waals surface area contributed by atoms with Crippen LogP contribution in [-0.4, -0.2) is 25.2 Å². The molecular weight excluding hydrogens is 328 g/mol. The lowest BCUT2D eigenvalue weighted by molar-refractivity contribution is 0.0679. The van der Waals surface area contributed by atoms with Crippen LogP contribution in [0.25, 0.3) is 0 Å². The van der Waals surface area contributed by atoms with Crippen LogP contribution in [0.2, 0.25) is 5.02 Å². The normalized spacial score (nSPS) is 16.6. The summed E-state index contributed by atoms with van der Waals surface area (Å²) in [7, 11) is 0. The Kier molecular flexibility index (Phi) is 5.56. The van der Waals surface area contributed by atoms with Crippen molar-refractivity contribution >= 4 is 23.2 Å². The first-order valence-electron chi connectivity index (χ1n) is 7.87. The monoisotopic (exact) mass is 346 g/mol. The fourth-order valence-corrected chi connectivity index (χ4v) is 2.63. The van der Waals surface area contributed by atoms with Crippen LogP contribution in [0.1, 0.15) is 23.2 Å². The molecule has 2 aromatic carbocycles. The lowest BCUT2D eigenvalue weighted by Gasteiger charge is -2.12. The molecule has 3 rings (SSSR count). The van der Waals surface area contributed by atoms with Crippen molar-refractivity contribution < 1.29 is 14.3 Å². The average molecular weight is 347 g/mol. The summed E-state index contributed by atoms with van der Waals surface area (Å²) in [5.41, 5.74) is 6.71. The highest BCUT2D eigenvalue weighted by molar-refractivity contribution is 6.30. The Labute approximate surface area is 145 Å². The molecule has 24 heavy (non-hydrogen) atoms. The number of hydrogen-bond acceptors (Lipinski definition) is 4. The van der Waals surface area contributed by atoms with Gasteiger partial charge in [-0.25, -0.2) is 0 Å². The van der Waals surface area contributed by atoms with E-state index in [9.17, 15) is 4.79 Å². The standard InChI is InChI=1S/C18H19ClN2O3/c19-14-3-1-4-15(11-14)20-21-18(22)13-6-8-16(9-7-13)24-12-17-5-2-10-23-17/h1,3-4,6-9,11,17,20H,2,5,10,12H2,(H,21,22). The third kappa shape index (κ3) is 4.63. The van der Waals surface area contributed by atoms with Crippen LogP contribution in [0.5, 0.6) is 5.75 Å². The molecule has 1 aliphatic heterocycles. The molecule has 1 heterocycles. The number of nitrogens with one attached hydrogen (secondary N) is 2. The van der Waals surface area contributed by atoms with Gasteiger partial charge in [0.05, 0.1) is 11.8 Å². The summed E-state index contributed by atoms with van der Waals surface area (Å²) in [5.74, 6) is 0.491. The summed E-state index contributed by atoms with van der Waals surface area (Å²) >= 11 is 5.90. The highest BCUT2D eigenvalue weighted by Crippen LogP contribution is 2.17. The van der Waals surface area contributed by atoms with Gasteiger partial charge in [0.25, 0.3) is 5.91 Å². The maximum atomic E-state index is 12.1. The quantitative estimate of drug-likeness (QED) is 0.784. The zero-order valence-electron chi connectivity index (χ0n) is 13.1. The van der Waals surface area contributed by atoms with Crippen molar-refractivity contribution in [2.45, 2.75) is 18.9 Å². The molecule has 0 radical (unpaired) electrons. The van der Waals surface area contributed by atoms with Crippen LogP contribution in [0.4, 0.5) is 5.69 Å². The van der Waals surface area contributed by atoms with Gasteiger partial charge in [0, 0.05) is 17.2 Å². The summed E-state index contributed by atoms with van der Waals surface area (Å²) in [5, 5.41) is 0.599. The van der Waals surface area contributed by atoms with Gasteiger partial charge in [0.15, 0.2) is 0 Å². The fraction of sp³-hybridized carbons (Fsp3) is 0.278. The van der Waals surface area contributed by atoms with E-state index >= 15 is 0 Å². The van der Waals surface area contributed by atoms with Gasteiger partial charge in [0.2, 0.25) is 0 Å². The lowest BCUT2D eigenvalue weighted by Crippen LogP contribution is -2.29. The molecule has 1 fully saturated rings. The topological polar surface area (TPSA) is 59.6 Å². The van der Waals surface area contributed by atoms with Gasteiger partial charge in [-0.3, -0.25) is 15.6 Å². The molecule has 0 aliphatic carbocycles. The SMILES string of the molecule is O=C(NNc1cccc(Cl)c1)c1ccc(OCC2CCCO2)cc1. The first-order chi connectivity index (χ1) is 11.7. The van der Waals surface area contributed by atoms with Crippen molar-refractivity contribution in [3.8, 4) is 5.75 Å². The molecular formula is C18H19ClN2O3. The number of halogens is 1. The molecule has 0 bridgehead atoms. The van der Waals surface area contributed by atoms with E-state index < -0.39 is 0 Å². The molecule has 2 N–H and O–H groups in total. The molecule has 2 aromatic rings. The predicted molar refractivity (Wildman–Crippen MR) is 93.5 cm³/mol. The Morgan fingerprint density at radius 3 is 2.79 bits per heavy atom. The van der Waals surface area contributed by atoms with E-state index in [0.29, 0.717) is 22.9 Å². The second kappa shape index (κ2) is 8.04. The number of hydrogen-bond donors (Lipinski definition) is 2. The highest BCUT2D eigenvalue weighted by atomic mass is 35.5. The maximum absolute atomic E-state index is 12.1. The van der Waals surface area contributed by atoms with Crippen molar-refractivity contribution in [1.82, 2.24) is 5.43 Å². The Bertz CT molecular complexity index is 685. The summed E-state index contributed by atoms with van der Waals surface area (Å²) in [6.07, 6.45) is 2.30. The fourth-order valence-electron chi connectivity index (χ4n) is 2.43. The molecule has 5 nitrogen and oxygen atoms in total. The first kappa shape index (κ1) is 16.6. The van der Waals surface area contributed by atoms with Crippen molar-refractivity contribution in [3.05, 3.63) is 59.1 Å². The summed E-state index contributed by atoms with van der Waals surface area (Å²) in [6, 6.07) is 14.1. The molecule has 0 aromatic heterocycles. The third-order valence-corrected chi connectivity index (χ3v) is 3.96. The molecule has 0 saturated carbocycles. The number of carbonyl (C=O) groups excluding carboxylic acids is 1. The Morgan fingerprint density at radius 2 is 2.08 bits per heavy atom. The van der Waals surface area contributed by atoms with E-state index in [1.165, 1.54) is 0 Å². The maximum Gasteiger partial charge on any atom is 0.269 e. The van der Waals surface area contributed by atoms with E-state index in [-0.39, 0.29) is 12.0 Å². The smallest absolute Gasteiger partial charge is 0.269 e. The van der Waals surface area contributed by atoms with Crippen LogP contribution in [0.15, 0.2) is 48.5 Å². The van der Waals surface area contributed by atoms with Crippen LogP contribution < -0.4 is 15.6 Å². The average Bonchev–Trinajstić information content (AvgIpc) is 3.12. The second-order valence-corrected chi connectivity index (χ2v) is 6.00. The van der Waals surface area contributed by atoms with Crippen molar-refractivity contribution in [2.24, 2.45) is 0 Å². The van der Waals surface area contributed by atoms with Crippen LogP contribution in [0, 0.1) is 0 Å². The number of rotatable bonds is 6. The van der Waals surface area contributed by atoms with Gasteiger partial charge >= 0.3 is 0 Å². The molecule has 1 aliphatic rings. The number of benzene rings is 2. The second-order valence-electron chi connectivity index (χ2n) is 5.56. The van der Waals surface area contributed by atoms with E-state index in [4.69, 9.17) is 21.1 Å². The number of hydrazine groups is 1. The first-order valence-corrected chi connectivity index (χ1v) is 8.25. The number of anilines is 1. The molecule has 1 unspecified atom stereocenters. The van der Waals surface area contributed by atoms with Gasteiger partial charge in [-0.15, -0.1) is 0 Å². The Hall–Kier alpha value is -2.24. The number of amides is 1. The van der Waals surface area contributed by atoms with Gasteiger partial charge in [-0.05, 0) is 55.3 Å². The predicted octanol–water partition coefficient (Wildman–Crippen LogP) is 3.65. The summed E-state index contributed by atoms with van der Waals surface area (Å²) in [6.45, 7) is 1.36. The van der Waals surface area contributed by atoms with Gasteiger partial charge in [-0.2, -0.15) is 0 Å². The van der Waals surface area contributed by atoms with Crippen LogP contribution >= 0.6 is 11.6 Å². The molecule has 1 saturated heterocycles. The van der Waals surface area contributed by atoms with Crippen molar-refractivity contribution in [1.29, 1.82) is 0 Å². The van der Waals surface area contributed by atoms with E-state index in [2.05, 4.69) is 10.9 Å². The number of ether oxygens (including phenoxy) is 2. The minimum absolute atomic E-state index is 0.176. The third-order valence-electron chi connectivity index (χ3n) is 3.72.